The summed E-state index contributed by atoms with van der Waals surface area (Å²) in [5.41, 5.74) is 1.06. The molecule has 0 spiro atoms. The van der Waals surface area contributed by atoms with Crippen LogP contribution in [0.3, 0.4) is 0 Å². The Balaban J connectivity index is 1.53. The molecule has 1 amide bonds. The maximum Gasteiger partial charge on any atom is 0.265 e. The van der Waals surface area contributed by atoms with Crippen molar-refractivity contribution in [3.63, 3.8) is 0 Å². The zero-order valence-electron chi connectivity index (χ0n) is 14.0. The third kappa shape index (κ3) is 3.56. The highest BCUT2D eigenvalue weighted by molar-refractivity contribution is 6.38. The van der Waals surface area contributed by atoms with Crippen molar-refractivity contribution in [2.24, 2.45) is 0 Å². The number of nitrogens with one attached hydrogen (secondary N) is 1. The zero-order chi connectivity index (χ0) is 19.0. The number of hydrogen-bond donors (Lipinski definition) is 1. The summed E-state index contributed by atoms with van der Waals surface area (Å²) in [5, 5.41) is 4.09. The van der Waals surface area contributed by atoms with Crippen LogP contribution in [-0.4, -0.2) is 28.8 Å². The van der Waals surface area contributed by atoms with Crippen molar-refractivity contribution in [2.45, 2.75) is 13.0 Å². The fraction of sp³-hybridized carbons (Fsp3) is 0.167. The largest absolute Gasteiger partial charge is 0.464 e. The first-order valence-corrected chi connectivity index (χ1v) is 8.74. The molecule has 138 valence electrons. The highest BCUT2D eigenvalue weighted by Gasteiger charge is 2.20. The normalized spacial score (nSPS) is 13.4. The van der Waals surface area contributed by atoms with E-state index in [1.807, 2.05) is 0 Å². The molecule has 9 heteroatoms. The van der Waals surface area contributed by atoms with Crippen molar-refractivity contribution >= 4 is 45.7 Å². The van der Waals surface area contributed by atoms with Gasteiger partial charge in [-0.25, -0.2) is 9.97 Å². The second kappa shape index (κ2) is 7.09. The summed E-state index contributed by atoms with van der Waals surface area (Å²) in [5.74, 6) is 1.08. The summed E-state index contributed by atoms with van der Waals surface area (Å²) < 4.78 is 16.3. The number of anilines is 1. The molecule has 7 nitrogen and oxygen atoms in total. The van der Waals surface area contributed by atoms with Gasteiger partial charge in [0.25, 0.3) is 5.91 Å². The van der Waals surface area contributed by atoms with Crippen LogP contribution < -0.4 is 19.5 Å². The second-order valence-electron chi connectivity index (χ2n) is 5.78. The predicted octanol–water partition coefficient (Wildman–Crippen LogP) is 4.07. The number of rotatable bonds is 4. The molecule has 1 aromatic heterocycles. The maximum absolute atomic E-state index is 12.5. The lowest BCUT2D eigenvalue weighted by Gasteiger charge is -2.15. The lowest BCUT2D eigenvalue weighted by molar-refractivity contribution is -0.122. The molecule has 0 radical (unpaired) electrons. The molecule has 0 saturated heterocycles. The summed E-state index contributed by atoms with van der Waals surface area (Å²) >= 11 is 12.2. The van der Waals surface area contributed by atoms with E-state index in [4.69, 9.17) is 37.4 Å². The molecule has 1 unspecified atom stereocenters. The van der Waals surface area contributed by atoms with E-state index in [1.165, 1.54) is 6.33 Å². The van der Waals surface area contributed by atoms with E-state index in [1.54, 1.807) is 37.3 Å². The molecule has 0 fully saturated rings. The Morgan fingerprint density at radius 2 is 2.00 bits per heavy atom. The van der Waals surface area contributed by atoms with Gasteiger partial charge < -0.3 is 19.5 Å². The van der Waals surface area contributed by atoms with Gasteiger partial charge >= 0.3 is 0 Å². The third-order valence-corrected chi connectivity index (χ3v) is 4.42. The van der Waals surface area contributed by atoms with E-state index < -0.39 is 6.10 Å². The fourth-order valence-electron chi connectivity index (χ4n) is 2.60. The number of halogens is 2. The summed E-state index contributed by atoms with van der Waals surface area (Å²) in [6.07, 6.45) is 0.492. The Morgan fingerprint density at radius 1 is 1.19 bits per heavy atom. The zero-order valence-corrected chi connectivity index (χ0v) is 15.5. The van der Waals surface area contributed by atoms with Crippen LogP contribution in [0, 0.1) is 0 Å². The minimum absolute atomic E-state index is 0.165. The molecule has 2 aromatic carbocycles. The fourth-order valence-corrected chi connectivity index (χ4v) is 3.14. The van der Waals surface area contributed by atoms with Gasteiger partial charge in [-0.2, -0.15) is 0 Å². The molecule has 4 rings (SSSR count). The topological polar surface area (TPSA) is 82.6 Å². The second-order valence-corrected chi connectivity index (χ2v) is 6.62. The summed E-state index contributed by atoms with van der Waals surface area (Å²) in [6.45, 7) is 1.78. The molecular weight excluding hydrogens is 393 g/mol. The van der Waals surface area contributed by atoms with Gasteiger partial charge in [0, 0.05) is 16.8 Å². The molecule has 0 bridgehead atoms. The lowest BCUT2D eigenvalue weighted by Crippen LogP contribution is -2.30. The average Bonchev–Trinajstić information content (AvgIpc) is 3.10. The monoisotopic (exact) mass is 405 g/mol. The molecule has 0 aliphatic carbocycles. The molecule has 1 atom stereocenters. The number of nitrogens with zero attached hydrogens (tertiary/aromatic N) is 2. The smallest absolute Gasteiger partial charge is 0.265 e. The van der Waals surface area contributed by atoms with Gasteiger partial charge in [-0.05, 0) is 31.2 Å². The summed E-state index contributed by atoms with van der Waals surface area (Å²) in [7, 11) is 0. The van der Waals surface area contributed by atoms with Crippen molar-refractivity contribution in [3.05, 3.63) is 46.7 Å². The molecule has 1 N–H and O–H groups in total. The van der Waals surface area contributed by atoms with Crippen LogP contribution in [0.1, 0.15) is 6.92 Å². The van der Waals surface area contributed by atoms with Crippen molar-refractivity contribution in [1.29, 1.82) is 0 Å². The summed E-state index contributed by atoms with van der Waals surface area (Å²) in [4.78, 5) is 20.7. The van der Waals surface area contributed by atoms with Crippen molar-refractivity contribution in [3.8, 4) is 17.4 Å². The molecule has 3 aromatic rings. The first kappa shape index (κ1) is 17.6. The van der Waals surface area contributed by atoms with E-state index in [0.717, 1.165) is 0 Å². The number of fused-ring (bicyclic) bond motifs is 2. The lowest BCUT2D eigenvalue weighted by atomic mass is 10.2. The third-order valence-electron chi connectivity index (χ3n) is 3.92. The Kier molecular flexibility index (Phi) is 4.63. The Hall–Kier alpha value is -2.77. The van der Waals surface area contributed by atoms with Crippen LogP contribution in [0.4, 0.5) is 5.69 Å². The molecule has 2 heterocycles. The SMILES string of the molecule is CC(Oc1ncnc2c(Cl)cc(Cl)cc12)C(=O)Nc1ccc2c(c1)OCO2. The number of benzene rings is 2. The molecule has 1 aliphatic heterocycles. The van der Waals surface area contributed by atoms with E-state index in [-0.39, 0.29) is 18.6 Å². The van der Waals surface area contributed by atoms with Gasteiger partial charge in [-0.3, -0.25) is 4.79 Å². The van der Waals surface area contributed by atoms with Crippen LogP contribution in [0.5, 0.6) is 17.4 Å². The Morgan fingerprint density at radius 3 is 2.85 bits per heavy atom. The van der Waals surface area contributed by atoms with E-state index in [9.17, 15) is 4.79 Å². The average molecular weight is 406 g/mol. The van der Waals surface area contributed by atoms with Gasteiger partial charge in [0.2, 0.25) is 12.7 Å². The number of aromatic nitrogens is 2. The first-order chi connectivity index (χ1) is 13.0. The highest BCUT2D eigenvalue weighted by atomic mass is 35.5. The van der Waals surface area contributed by atoms with Gasteiger partial charge in [0.05, 0.1) is 15.9 Å². The Labute approximate surface area is 164 Å². The number of carbonyl (C=O) groups is 1. The molecule has 27 heavy (non-hydrogen) atoms. The molecule has 0 saturated carbocycles. The van der Waals surface area contributed by atoms with Gasteiger partial charge in [-0.1, -0.05) is 23.2 Å². The number of carbonyl (C=O) groups excluding carboxylic acids is 1. The quantitative estimate of drug-likeness (QED) is 0.704. The predicted molar refractivity (Wildman–Crippen MR) is 101 cm³/mol. The van der Waals surface area contributed by atoms with Crippen molar-refractivity contribution < 1.29 is 19.0 Å². The van der Waals surface area contributed by atoms with Gasteiger partial charge in [0.15, 0.2) is 17.6 Å². The number of amides is 1. The highest BCUT2D eigenvalue weighted by Crippen LogP contribution is 2.34. The standard InChI is InChI=1S/C18H13Cl2N3O4/c1-9(17(24)23-11-2-3-14-15(6-11)26-8-25-14)27-18-12-4-10(19)5-13(20)16(12)21-7-22-18/h2-7,9H,8H2,1H3,(H,23,24). The molecular formula is C18H13Cl2N3O4. The minimum atomic E-state index is -0.828. The molecule has 1 aliphatic rings. The maximum atomic E-state index is 12.5. The van der Waals surface area contributed by atoms with Crippen LogP contribution >= 0.6 is 23.2 Å². The van der Waals surface area contributed by atoms with E-state index in [2.05, 4.69) is 15.3 Å². The van der Waals surface area contributed by atoms with E-state index >= 15 is 0 Å². The van der Waals surface area contributed by atoms with Gasteiger partial charge in [-0.15, -0.1) is 0 Å². The number of ether oxygens (including phenoxy) is 3. The first-order valence-electron chi connectivity index (χ1n) is 7.98. The van der Waals surface area contributed by atoms with Crippen LogP contribution in [-0.2, 0) is 4.79 Å². The summed E-state index contributed by atoms with van der Waals surface area (Å²) in [6, 6.07) is 8.36. The Bertz CT molecular complexity index is 1040. The minimum Gasteiger partial charge on any atom is -0.464 e. The van der Waals surface area contributed by atoms with Crippen molar-refractivity contribution in [1.82, 2.24) is 9.97 Å². The number of hydrogen-bond acceptors (Lipinski definition) is 6. The van der Waals surface area contributed by atoms with Crippen LogP contribution in [0.15, 0.2) is 36.7 Å². The van der Waals surface area contributed by atoms with Gasteiger partial charge in [0.1, 0.15) is 6.33 Å². The van der Waals surface area contributed by atoms with Crippen LogP contribution in [0.25, 0.3) is 10.9 Å². The van der Waals surface area contributed by atoms with E-state index in [0.29, 0.717) is 38.1 Å². The van der Waals surface area contributed by atoms with Crippen molar-refractivity contribution in [2.75, 3.05) is 12.1 Å². The van der Waals surface area contributed by atoms with Crippen LogP contribution in [0.2, 0.25) is 10.0 Å².